The van der Waals surface area contributed by atoms with Crippen LogP contribution in [-0.2, 0) is 9.84 Å². The van der Waals surface area contributed by atoms with Gasteiger partial charge in [-0.25, -0.2) is 8.42 Å². The van der Waals surface area contributed by atoms with Crippen LogP contribution in [0.1, 0.15) is 25.7 Å². The third-order valence-electron chi connectivity index (χ3n) is 3.04. The number of sulfone groups is 1. The molecule has 0 aromatic carbocycles. The minimum absolute atomic E-state index is 0.183. The van der Waals surface area contributed by atoms with E-state index in [4.69, 9.17) is 11.1 Å². The van der Waals surface area contributed by atoms with Crippen LogP contribution in [0.25, 0.3) is 0 Å². The van der Waals surface area contributed by atoms with Crippen molar-refractivity contribution in [2.45, 2.75) is 31.7 Å². The molecule has 1 atom stereocenters. The standard InChI is InChI=1S/C10H21N3O2S/c1-13(6-3-2-4-10(11)12)9-5-7-16(14,15)8-9/h9H,2-8H2,1H3,(H3,11,12). The molecule has 1 heterocycles. The second kappa shape index (κ2) is 5.63. The molecule has 0 bridgehead atoms. The molecule has 16 heavy (non-hydrogen) atoms. The molecular formula is C10H21N3O2S. The van der Waals surface area contributed by atoms with Gasteiger partial charge in [-0.1, -0.05) is 0 Å². The molecule has 1 unspecified atom stereocenters. The van der Waals surface area contributed by atoms with Gasteiger partial charge in [0.15, 0.2) is 9.84 Å². The van der Waals surface area contributed by atoms with Crippen LogP contribution in [0, 0.1) is 5.41 Å². The van der Waals surface area contributed by atoms with Gasteiger partial charge in [-0.05, 0) is 32.9 Å². The van der Waals surface area contributed by atoms with Crippen molar-refractivity contribution in [2.75, 3.05) is 25.1 Å². The predicted octanol–water partition coefficient (Wildman–Crippen LogP) is 0.212. The van der Waals surface area contributed by atoms with E-state index in [0.717, 1.165) is 25.8 Å². The molecule has 5 nitrogen and oxygen atoms in total. The van der Waals surface area contributed by atoms with E-state index in [1.807, 2.05) is 7.05 Å². The molecule has 1 fully saturated rings. The largest absolute Gasteiger partial charge is 0.388 e. The molecule has 0 radical (unpaired) electrons. The van der Waals surface area contributed by atoms with Crippen molar-refractivity contribution >= 4 is 15.7 Å². The Bertz CT molecular complexity index is 340. The molecule has 1 saturated heterocycles. The predicted molar refractivity (Wildman–Crippen MR) is 65.5 cm³/mol. The lowest BCUT2D eigenvalue weighted by molar-refractivity contribution is 0.257. The smallest absolute Gasteiger partial charge is 0.151 e. The summed E-state index contributed by atoms with van der Waals surface area (Å²) in [6, 6.07) is 0.183. The Labute approximate surface area is 97.4 Å². The van der Waals surface area contributed by atoms with E-state index in [9.17, 15) is 8.42 Å². The van der Waals surface area contributed by atoms with Gasteiger partial charge in [-0.2, -0.15) is 0 Å². The summed E-state index contributed by atoms with van der Waals surface area (Å²) in [5, 5.41) is 7.08. The van der Waals surface area contributed by atoms with E-state index < -0.39 is 9.84 Å². The second-order valence-corrected chi connectivity index (χ2v) is 6.75. The average molecular weight is 247 g/mol. The molecule has 6 heteroatoms. The molecule has 94 valence electrons. The maximum absolute atomic E-state index is 11.3. The maximum atomic E-state index is 11.3. The van der Waals surface area contributed by atoms with E-state index in [1.165, 1.54) is 0 Å². The fourth-order valence-electron chi connectivity index (χ4n) is 1.98. The summed E-state index contributed by atoms with van der Waals surface area (Å²) < 4.78 is 22.6. The van der Waals surface area contributed by atoms with Crippen molar-refractivity contribution in [3.05, 3.63) is 0 Å². The zero-order chi connectivity index (χ0) is 12.2. The quantitative estimate of drug-likeness (QED) is 0.399. The molecule has 0 spiro atoms. The minimum Gasteiger partial charge on any atom is -0.388 e. The zero-order valence-corrected chi connectivity index (χ0v) is 10.6. The van der Waals surface area contributed by atoms with Gasteiger partial charge in [0.05, 0.1) is 17.3 Å². The summed E-state index contributed by atoms with van der Waals surface area (Å²) in [4.78, 5) is 2.12. The summed E-state index contributed by atoms with van der Waals surface area (Å²) in [6.07, 6.45) is 3.26. The average Bonchev–Trinajstić information content (AvgIpc) is 2.53. The van der Waals surface area contributed by atoms with Gasteiger partial charge in [0.1, 0.15) is 0 Å². The van der Waals surface area contributed by atoms with Crippen LogP contribution in [-0.4, -0.2) is 50.3 Å². The van der Waals surface area contributed by atoms with Crippen LogP contribution < -0.4 is 5.73 Å². The van der Waals surface area contributed by atoms with Gasteiger partial charge in [-0.3, -0.25) is 5.41 Å². The molecule has 1 rings (SSSR count). The van der Waals surface area contributed by atoms with Gasteiger partial charge >= 0.3 is 0 Å². The van der Waals surface area contributed by atoms with Crippen LogP contribution in [0.5, 0.6) is 0 Å². The van der Waals surface area contributed by atoms with Crippen molar-refractivity contribution < 1.29 is 8.42 Å². The van der Waals surface area contributed by atoms with Gasteiger partial charge in [0, 0.05) is 12.5 Å². The number of rotatable bonds is 6. The van der Waals surface area contributed by atoms with Gasteiger partial charge in [-0.15, -0.1) is 0 Å². The van der Waals surface area contributed by atoms with Gasteiger partial charge in [0.25, 0.3) is 0 Å². The van der Waals surface area contributed by atoms with Crippen LogP contribution in [0.3, 0.4) is 0 Å². The lowest BCUT2D eigenvalue weighted by Crippen LogP contribution is -2.33. The molecule has 0 amide bonds. The molecule has 0 aromatic rings. The van der Waals surface area contributed by atoms with E-state index in [-0.39, 0.29) is 11.9 Å². The molecule has 0 aromatic heterocycles. The summed E-state index contributed by atoms with van der Waals surface area (Å²) in [6.45, 7) is 0.882. The fraction of sp³-hybridized carbons (Fsp3) is 0.900. The highest BCUT2D eigenvalue weighted by molar-refractivity contribution is 7.91. The highest BCUT2D eigenvalue weighted by Crippen LogP contribution is 2.16. The number of nitrogens with one attached hydrogen (secondary N) is 1. The molecule has 1 aliphatic heterocycles. The van der Waals surface area contributed by atoms with Crippen molar-refractivity contribution in [2.24, 2.45) is 5.73 Å². The first-order valence-electron chi connectivity index (χ1n) is 5.64. The molecule has 0 aliphatic carbocycles. The third-order valence-corrected chi connectivity index (χ3v) is 4.79. The normalized spacial score (nSPS) is 23.8. The van der Waals surface area contributed by atoms with E-state index >= 15 is 0 Å². The summed E-state index contributed by atoms with van der Waals surface area (Å²) in [5.41, 5.74) is 5.26. The minimum atomic E-state index is -2.78. The first kappa shape index (κ1) is 13.4. The van der Waals surface area contributed by atoms with Gasteiger partial charge < -0.3 is 10.6 Å². The summed E-state index contributed by atoms with van der Waals surface area (Å²) >= 11 is 0. The van der Waals surface area contributed by atoms with Crippen molar-refractivity contribution in [3.63, 3.8) is 0 Å². The van der Waals surface area contributed by atoms with Crippen LogP contribution in [0.4, 0.5) is 0 Å². The lowest BCUT2D eigenvalue weighted by atomic mass is 10.2. The number of nitrogens with zero attached hydrogens (tertiary/aromatic N) is 1. The highest BCUT2D eigenvalue weighted by Gasteiger charge is 2.30. The molecule has 1 aliphatic rings. The Morgan fingerprint density at radius 2 is 2.19 bits per heavy atom. The number of hydrogen-bond donors (Lipinski definition) is 2. The number of unbranched alkanes of at least 4 members (excludes halogenated alkanes) is 1. The molecular weight excluding hydrogens is 226 g/mol. The van der Waals surface area contributed by atoms with Gasteiger partial charge in [0.2, 0.25) is 0 Å². The Hall–Kier alpha value is -0.620. The van der Waals surface area contributed by atoms with Crippen LogP contribution >= 0.6 is 0 Å². The Morgan fingerprint density at radius 3 is 2.69 bits per heavy atom. The van der Waals surface area contributed by atoms with E-state index in [1.54, 1.807) is 0 Å². The number of nitrogens with two attached hydrogens (primary N) is 1. The second-order valence-electron chi connectivity index (χ2n) is 4.52. The topological polar surface area (TPSA) is 87.2 Å². The number of amidine groups is 1. The highest BCUT2D eigenvalue weighted by atomic mass is 32.2. The maximum Gasteiger partial charge on any atom is 0.151 e. The molecule has 3 N–H and O–H groups in total. The van der Waals surface area contributed by atoms with Crippen molar-refractivity contribution in [1.82, 2.24) is 4.90 Å². The SMILES string of the molecule is CN(CCCCC(=N)N)C1CCS(=O)(=O)C1. The first-order chi connectivity index (χ1) is 7.41. The van der Waals surface area contributed by atoms with Crippen molar-refractivity contribution in [3.8, 4) is 0 Å². The lowest BCUT2D eigenvalue weighted by Gasteiger charge is -2.22. The number of hydrogen-bond acceptors (Lipinski definition) is 4. The zero-order valence-electron chi connectivity index (χ0n) is 9.78. The fourth-order valence-corrected chi connectivity index (χ4v) is 3.79. The Kier molecular flexibility index (Phi) is 4.73. The summed E-state index contributed by atoms with van der Waals surface area (Å²) in [5.74, 6) is 0.858. The molecule has 0 saturated carbocycles. The summed E-state index contributed by atoms with van der Waals surface area (Å²) in [7, 11) is -0.809. The van der Waals surface area contributed by atoms with E-state index in [0.29, 0.717) is 17.9 Å². The monoisotopic (exact) mass is 247 g/mol. The van der Waals surface area contributed by atoms with E-state index in [2.05, 4.69) is 4.90 Å². The Balaban J connectivity index is 2.21. The third kappa shape index (κ3) is 4.49. The van der Waals surface area contributed by atoms with Crippen LogP contribution in [0.2, 0.25) is 0 Å². The Morgan fingerprint density at radius 1 is 1.50 bits per heavy atom. The first-order valence-corrected chi connectivity index (χ1v) is 7.46. The van der Waals surface area contributed by atoms with Crippen LogP contribution in [0.15, 0.2) is 0 Å². The van der Waals surface area contributed by atoms with Crippen molar-refractivity contribution in [1.29, 1.82) is 5.41 Å².